The van der Waals surface area contributed by atoms with Crippen molar-refractivity contribution in [3.8, 4) is 0 Å². The molecule has 19 heavy (non-hydrogen) atoms. The van der Waals surface area contributed by atoms with Crippen molar-refractivity contribution in [3.63, 3.8) is 0 Å². The van der Waals surface area contributed by atoms with Gasteiger partial charge in [0.25, 0.3) is 0 Å². The molecule has 3 heteroatoms. The normalized spacial score (nSPS) is 18.3. The molecule has 0 aromatic carbocycles. The summed E-state index contributed by atoms with van der Waals surface area (Å²) in [7, 11) is 0. The maximum atomic E-state index is 4.48. The van der Waals surface area contributed by atoms with Crippen LogP contribution in [0.25, 0.3) is 0 Å². The minimum atomic E-state index is 0.484. The van der Waals surface area contributed by atoms with Crippen LogP contribution in [-0.2, 0) is 12.8 Å². The standard InChI is InChI=1S/C16H27N3/c1-4-12(2)10-13(3)19-16-14-8-6-5-7-9-15(14)17-11-18-16/h11-13H,4-10H2,1-3H3,(H,17,18,19). The molecule has 0 bridgehead atoms. The lowest BCUT2D eigenvalue weighted by molar-refractivity contribution is 0.483. The molecule has 1 aliphatic rings. The van der Waals surface area contributed by atoms with Crippen molar-refractivity contribution in [2.24, 2.45) is 5.92 Å². The number of aromatic nitrogens is 2. The van der Waals surface area contributed by atoms with Crippen molar-refractivity contribution < 1.29 is 0 Å². The molecule has 2 unspecified atom stereocenters. The fourth-order valence-electron chi connectivity index (χ4n) is 2.88. The van der Waals surface area contributed by atoms with Gasteiger partial charge in [-0.25, -0.2) is 9.97 Å². The summed E-state index contributed by atoms with van der Waals surface area (Å²) in [6, 6.07) is 0.484. The fourth-order valence-corrected chi connectivity index (χ4v) is 2.88. The number of hydrogen-bond donors (Lipinski definition) is 1. The van der Waals surface area contributed by atoms with Gasteiger partial charge in [-0.2, -0.15) is 0 Å². The van der Waals surface area contributed by atoms with Gasteiger partial charge < -0.3 is 5.32 Å². The number of anilines is 1. The number of aryl methyl sites for hydroxylation is 1. The van der Waals surface area contributed by atoms with E-state index < -0.39 is 0 Å². The fraction of sp³-hybridized carbons (Fsp3) is 0.750. The van der Waals surface area contributed by atoms with Gasteiger partial charge in [0, 0.05) is 17.3 Å². The monoisotopic (exact) mass is 261 g/mol. The molecule has 2 rings (SSSR count). The van der Waals surface area contributed by atoms with Crippen LogP contribution in [0.1, 0.15) is 64.1 Å². The second-order valence-corrected chi connectivity index (χ2v) is 6.00. The molecule has 2 atom stereocenters. The highest BCUT2D eigenvalue weighted by Gasteiger charge is 2.16. The van der Waals surface area contributed by atoms with Crippen LogP contribution >= 0.6 is 0 Å². The minimum absolute atomic E-state index is 0.484. The van der Waals surface area contributed by atoms with Gasteiger partial charge in [-0.1, -0.05) is 26.7 Å². The molecule has 0 radical (unpaired) electrons. The van der Waals surface area contributed by atoms with Crippen LogP contribution in [0.2, 0.25) is 0 Å². The van der Waals surface area contributed by atoms with E-state index >= 15 is 0 Å². The first-order valence-electron chi connectivity index (χ1n) is 7.80. The van der Waals surface area contributed by atoms with Gasteiger partial charge in [-0.05, 0) is 44.9 Å². The molecule has 1 aliphatic carbocycles. The smallest absolute Gasteiger partial charge is 0.133 e. The average Bonchev–Trinajstić information content (AvgIpc) is 2.64. The Bertz CT molecular complexity index is 403. The highest BCUT2D eigenvalue weighted by atomic mass is 15.0. The zero-order chi connectivity index (χ0) is 13.7. The van der Waals surface area contributed by atoms with Crippen molar-refractivity contribution in [1.82, 2.24) is 9.97 Å². The van der Waals surface area contributed by atoms with E-state index in [0.29, 0.717) is 6.04 Å². The third-order valence-corrected chi connectivity index (χ3v) is 4.21. The maximum absolute atomic E-state index is 4.48. The molecule has 0 fully saturated rings. The molecule has 0 saturated heterocycles. The summed E-state index contributed by atoms with van der Waals surface area (Å²) in [6.07, 6.45) is 10.3. The van der Waals surface area contributed by atoms with Crippen LogP contribution < -0.4 is 5.32 Å². The Morgan fingerprint density at radius 1 is 1.16 bits per heavy atom. The van der Waals surface area contributed by atoms with Crippen LogP contribution in [0.5, 0.6) is 0 Å². The lowest BCUT2D eigenvalue weighted by atomic mass is 10.00. The largest absolute Gasteiger partial charge is 0.367 e. The van der Waals surface area contributed by atoms with E-state index in [-0.39, 0.29) is 0 Å². The summed E-state index contributed by atoms with van der Waals surface area (Å²) >= 11 is 0. The Morgan fingerprint density at radius 3 is 2.74 bits per heavy atom. The summed E-state index contributed by atoms with van der Waals surface area (Å²) in [5.74, 6) is 1.85. The van der Waals surface area contributed by atoms with Crippen molar-refractivity contribution in [3.05, 3.63) is 17.6 Å². The summed E-state index contributed by atoms with van der Waals surface area (Å²) in [5.41, 5.74) is 2.64. The number of hydrogen-bond acceptors (Lipinski definition) is 3. The van der Waals surface area contributed by atoms with Gasteiger partial charge in [-0.15, -0.1) is 0 Å². The molecule has 0 amide bonds. The van der Waals surface area contributed by atoms with Crippen LogP contribution in [0.15, 0.2) is 6.33 Å². The van der Waals surface area contributed by atoms with E-state index in [4.69, 9.17) is 0 Å². The quantitative estimate of drug-likeness (QED) is 0.815. The maximum Gasteiger partial charge on any atom is 0.133 e. The first kappa shape index (κ1) is 14.3. The summed E-state index contributed by atoms with van der Waals surface area (Å²) < 4.78 is 0. The van der Waals surface area contributed by atoms with E-state index in [1.165, 1.54) is 43.4 Å². The molecule has 1 aromatic rings. The number of fused-ring (bicyclic) bond motifs is 1. The van der Waals surface area contributed by atoms with Gasteiger partial charge in [0.2, 0.25) is 0 Å². The predicted octanol–water partition coefficient (Wildman–Crippen LogP) is 3.98. The number of nitrogens with zero attached hydrogens (tertiary/aromatic N) is 2. The zero-order valence-corrected chi connectivity index (χ0v) is 12.6. The Hall–Kier alpha value is -1.12. The molecule has 1 heterocycles. The molecule has 3 nitrogen and oxygen atoms in total. The average molecular weight is 261 g/mol. The number of rotatable bonds is 5. The van der Waals surface area contributed by atoms with Crippen molar-refractivity contribution in [2.45, 2.75) is 71.8 Å². The van der Waals surface area contributed by atoms with Crippen LogP contribution in [0, 0.1) is 5.92 Å². The number of nitrogens with one attached hydrogen (secondary N) is 1. The highest BCUT2D eigenvalue weighted by Crippen LogP contribution is 2.25. The van der Waals surface area contributed by atoms with Crippen molar-refractivity contribution >= 4 is 5.82 Å². The SMILES string of the molecule is CCC(C)CC(C)Nc1ncnc2c1CCCCC2. The zero-order valence-electron chi connectivity index (χ0n) is 12.6. The second-order valence-electron chi connectivity index (χ2n) is 6.00. The Balaban J connectivity index is 2.07. The third-order valence-electron chi connectivity index (χ3n) is 4.21. The molecule has 1 N–H and O–H groups in total. The summed E-state index contributed by atoms with van der Waals surface area (Å²) in [5, 5.41) is 3.61. The van der Waals surface area contributed by atoms with Crippen LogP contribution in [0.3, 0.4) is 0 Å². The van der Waals surface area contributed by atoms with Crippen LogP contribution in [0.4, 0.5) is 5.82 Å². The van der Waals surface area contributed by atoms with Crippen molar-refractivity contribution in [1.29, 1.82) is 0 Å². The first-order valence-corrected chi connectivity index (χ1v) is 7.80. The van der Waals surface area contributed by atoms with E-state index in [9.17, 15) is 0 Å². The van der Waals surface area contributed by atoms with E-state index in [1.54, 1.807) is 6.33 Å². The van der Waals surface area contributed by atoms with Gasteiger partial charge >= 0.3 is 0 Å². The van der Waals surface area contributed by atoms with Crippen LogP contribution in [-0.4, -0.2) is 16.0 Å². The Morgan fingerprint density at radius 2 is 1.95 bits per heavy atom. The molecular weight excluding hydrogens is 234 g/mol. The predicted molar refractivity (Wildman–Crippen MR) is 80.4 cm³/mol. The van der Waals surface area contributed by atoms with Gasteiger partial charge in [0.1, 0.15) is 12.1 Å². The van der Waals surface area contributed by atoms with E-state index in [1.807, 2.05) is 0 Å². The highest BCUT2D eigenvalue weighted by molar-refractivity contribution is 5.47. The van der Waals surface area contributed by atoms with Gasteiger partial charge in [-0.3, -0.25) is 0 Å². The summed E-state index contributed by atoms with van der Waals surface area (Å²) in [6.45, 7) is 6.84. The molecule has 0 saturated carbocycles. The third kappa shape index (κ3) is 3.92. The van der Waals surface area contributed by atoms with E-state index in [2.05, 4.69) is 36.1 Å². The molecule has 1 aromatic heterocycles. The first-order chi connectivity index (χ1) is 9.20. The lowest BCUT2D eigenvalue weighted by Crippen LogP contribution is -2.20. The minimum Gasteiger partial charge on any atom is -0.367 e. The lowest BCUT2D eigenvalue weighted by Gasteiger charge is -2.20. The van der Waals surface area contributed by atoms with Crippen molar-refractivity contribution in [2.75, 3.05) is 5.32 Å². The Kier molecular flexibility index (Phi) is 5.17. The topological polar surface area (TPSA) is 37.8 Å². The van der Waals surface area contributed by atoms with E-state index in [0.717, 1.165) is 24.6 Å². The second kappa shape index (κ2) is 6.88. The summed E-state index contributed by atoms with van der Waals surface area (Å²) in [4.78, 5) is 8.96. The van der Waals surface area contributed by atoms with Gasteiger partial charge in [0.15, 0.2) is 0 Å². The molecular formula is C16H27N3. The molecule has 106 valence electrons. The molecule has 0 spiro atoms. The van der Waals surface area contributed by atoms with Gasteiger partial charge in [0.05, 0.1) is 0 Å². The Labute approximate surface area is 117 Å². The molecule has 0 aliphatic heterocycles.